The average Bonchev–Trinajstić information content (AvgIpc) is 2.77. The van der Waals surface area contributed by atoms with Gasteiger partial charge in [0.2, 0.25) is 0 Å². The number of aryl methyl sites for hydroxylation is 1. The lowest BCUT2D eigenvalue weighted by molar-refractivity contribution is -0.149. The van der Waals surface area contributed by atoms with Crippen LogP contribution >= 0.6 is 0 Å². The van der Waals surface area contributed by atoms with Gasteiger partial charge in [0.1, 0.15) is 17.7 Å². The number of hydrogen-bond donors (Lipinski definition) is 1. The molecule has 1 aromatic rings. The molecule has 1 unspecified atom stereocenters. The summed E-state index contributed by atoms with van der Waals surface area (Å²) in [7, 11) is 1.86. The molecule has 1 saturated heterocycles. The minimum Gasteiger partial charge on any atom is -0.480 e. The Morgan fingerprint density at radius 3 is 3.00 bits per heavy atom. The summed E-state index contributed by atoms with van der Waals surface area (Å²) in [6, 6.07) is 0. The predicted molar refractivity (Wildman–Crippen MR) is 56.7 cm³/mol. The largest absolute Gasteiger partial charge is 0.480 e. The highest BCUT2D eigenvalue weighted by Crippen LogP contribution is 2.30. The van der Waals surface area contributed by atoms with Crippen LogP contribution in [-0.4, -0.2) is 42.8 Å². The summed E-state index contributed by atoms with van der Waals surface area (Å²) in [5.41, 5.74) is -0.758. The van der Waals surface area contributed by atoms with Crippen LogP contribution in [0.4, 0.5) is 0 Å². The molecule has 0 saturated carbocycles. The van der Waals surface area contributed by atoms with Crippen LogP contribution in [0.3, 0.4) is 0 Å². The van der Waals surface area contributed by atoms with Crippen LogP contribution in [0, 0.1) is 0 Å². The van der Waals surface area contributed by atoms with Crippen LogP contribution in [0.15, 0.2) is 6.33 Å². The Morgan fingerprint density at radius 2 is 2.44 bits per heavy atom. The van der Waals surface area contributed by atoms with Crippen LogP contribution < -0.4 is 0 Å². The number of hydrogen-bond acceptors (Lipinski definition) is 4. The van der Waals surface area contributed by atoms with Gasteiger partial charge in [-0.05, 0) is 26.3 Å². The number of carboxylic acids is 1. The Morgan fingerprint density at radius 1 is 1.69 bits per heavy atom. The first kappa shape index (κ1) is 11.1. The maximum atomic E-state index is 11.3. The first-order valence-corrected chi connectivity index (χ1v) is 5.35. The normalized spacial score (nSPS) is 26.1. The van der Waals surface area contributed by atoms with Gasteiger partial charge in [0.05, 0.1) is 6.54 Å². The van der Waals surface area contributed by atoms with Gasteiger partial charge < -0.3 is 9.67 Å². The Bertz CT molecular complexity index is 403. The molecule has 2 heterocycles. The second-order valence-corrected chi connectivity index (χ2v) is 4.46. The van der Waals surface area contributed by atoms with E-state index in [0.29, 0.717) is 13.0 Å². The van der Waals surface area contributed by atoms with Gasteiger partial charge in [0, 0.05) is 7.05 Å². The highest BCUT2D eigenvalue weighted by Gasteiger charge is 2.43. The molecule has 1 aliphatic rings. The third kappa shape index (κ3) is 1.69. The molecule has 16 heavy (non-hydrogen) atoms. The fourth-order valence-electron chi connectivity index (χ4n) is 2.14. The topological polar surface area (TPSA) is 71.2 Å². The van der Waals surface area contributed by atoms with Crippen LogP contribution in [0.2, 0.25) is 0 Å². The van der Waals surface area contributed by atoms with Crippen LogP contribution in [0.5, 0.6) is 0 Å². The van der Waals surface area contributed by atoms with Crippen molar-refractivity contribution in [1.29, 1.82) is 0 Å². The lowest BCUT2D eigenvalue weighted by atomic mass is 9.99. The van der Waals surface area contributed by atoms with Crippen LogP contribution in [0.1, 0.15) is 25.6 Å². The second-order valence-electron chi connectivity index (χ2n) is 4.46. The van der Waals surface area contributed by atoms with Crippen molar-refractivity contribution in [2.75, 3.05) is 6.54 Å². The van der Waals surface area contributed by atoms with Gasteiger partial charge in [0.25, 0.3) is 0 Å². The van der Waals surface area contributed by atoms with Crippen LogP contribution in [-0.2, 0) is 18.4 Å². The Balaban J connectivity index is 2.16. The van der Waals surface area contributed by atoms with E-state index < -0.39 is 11.5 Å². The fourth-order valence-corrected chi connectivity index (χ4v) is 2.14. The molecule has 0 spiro atoms. The highest BCUT2D eigenvalue weighted by atomic mass is 16.4. The molecule has 0 aromatic carbocycles. The summed E-state index contributed by atoms with van der Waals surface area (Å²) in [6.07, 6.45) is 3.24. The van der Waals surface area contributed by atoms with E-state index in [1.807, 2.05) is 16.5 Å². The van der Waals surface area contributed by atoms with E-state index in [-0.39, 0.29) is 0 Å². The second kappa shape index (κ2) is 3.86. The lowest BCUT2D eigenvalue weighted by Crippen LogP contribution is -2.47. The van der Waals surface area contributed by atoms with E-state index in [2.05, 4.69) is 10.2 Å². The van der Waals surface area contributed by atoms with E-state index >= 15 is 0 Å². The van der Waals surface area contributed by atoms with Crippen molar-refractivity contribution < 1.29 is 9.90 Å². The summed E-state index contributed by atoms with van der Waals surface area (Å²) in [6.45, 7) is 3.12. The van der Waals surface area contributed by atoms with Crippen molar-refractivity contribution in [3.63, 3.8) is 0 Å². The van der Waals surface area contributed by atoms with Crippen LogP contribution in [0.25, 0.3) is 0 Å². The first-order valence-electron chi connectivity index (χ1n) is 5.35. The molecule has 0 radical (unpaired) electrons. The number of aliphatic carboxylic acids is 1. The standard InChI is InChI=1S/C10H16N4O2/c1-10(9(15)16)4-3-5-14(10)6-8-12-11-7-13(8)2/h7H,3-6H2,1-2H3,(H,15,16). The molecular weight excluding hydrogens is 208 g/mol. The molecule has 1 aliphatic heterocycles. The third-order valence-electron chi connectivity index (χ3n) is 3.39. The van der Waals surface area contributed by atoms with Gasteiger partial charge in [-0.2, -0.15) is 0 Å². The van der Waals surface area contributed by atoms with Crippen molar-refractivity contribution in [3.8, 4) is 0 Å². The molecule has 1 fully saturated rings. The summed E-state index contributed by atoms with van der Waals surface area (Å²) < 4.78 is 1.82. The van der Waals surface area contributed by atoms with E-state index in [1.165, 1.54) is 0 Å². The number of rotatable bonds is 3. The molecule has 6 nitrogen and oxygen atoms in total. The fraction of sp³-hybridized carbons (Fsp3) is 0.700. The van der Waals surface area contributed by atoms with Gasteiger partial charge in [-0.15, -0.1) is 10.2 Å². The summed E-state index contributed by atoms with van der Waals surface area (Å²) in [4.78, 5) is 13.2. The molecule has 1 aromatic heterocycles. The van der Waals surface area contributed by atoms with Gasteiger partial charge in [-0.1, -0.05) is 0 Å². The molecule has 6 heteroatoms. The molecule has 0 bridgehead atoms. The first-order chi connectivity index (χ1) is 7.54. The van der Waals surface area contributed by atoms with E-state index in [4.69, 9.17) is 0 Å². The molecule has 88 valence electrons. The van der Waals surface area contributed by atoms with Gasteiger partial charge >= 0.3 is 5.97 Å². The van der Waals surface area contributed by atoms with Crippen molar-refractivity contribution in [2.45, 2.75) is 31.8 Å². The minimum atomic E-state index is -0.758. The van der Waals surface area contributed by atoms with Crippen molar-refractivity contribution >= 4 is 5.97 Å². The van der Waals surface area contributed by atoms with E-state index in [9.17, 15) is 9.90 Å². The molecule has 0 amide bonds. The summed E-state index contributed by atoms with van der Waals surface area (Å²) in [5, 5.41) is 17.0. The van der Waals surface area contributed by atoms with E-state index in [0.717, 1.165) is 18.8 Å². The Kier molecular flexibility index (Phi) is 2.67. The zero-order valence-electron chi connectivity index (χ0n) is 9.55. The molecule has 1 atom stereocenters. The minimum absolute atomic E-state index is 0.541. The van der Waals surface area contributed by atoms with Gasteiger partial charge in [-0.25, -0.2) is 0 Å². The molecule has 0 aliphatic carbocycles. The number of likely N-dealkylation sites (tertiary alicyclic amines) is 1. The zero-order valence-corrected chi connectivity index (χ0v) is 9.55. The number of carbonyl (C=O) groups is 1. The van der Waals surface area contributed by atoms with Crippen molar-refractivity contribution in [1.82, 2.24) is 19.7 Å². The van der Waals surface area contributed by atoms with Crippen molar-refractivity contribution in [2.24, 2.45) is 7.05 Å². The Labute approximate surface area is 93.9 Å². The summed E-state index contributed by atoms with van der Waals surface area (Å²) >= 11 is 0. The summed E-state index contributed by atoms with van der Waals surface area (Å²) in [5.74, 6) is 0.0431. The lowest BCUT2D eigenvalue weighted by Gasteiger charge is -2.30. The van der Waals surface area contributed by atoms with Gasteiger partial charge in [-0.3, -0.25) is 9.69 Å². The number of carboxylic acid groups (broad SMARTS) is 1. The molecular formula is C10H16N4O2. The molecule has 1 N–H and O–H groups in total. The predicted octanol–water partition coefficient (Wildman–Crippen LogP) is 0.254. The zero-order chi connectivity index (χ0) is 11.8. The molecule has 2 rings (SSSR count). The number of aromatic nitrogens is 3. The quantitative estimate of drug-likeness (QED) is 0.797. The average molecular weight is 224 g/mol. The smallest absolute Gasteiger partial charge is 0.323 e. The SMILES string of the molecule is Cn1cnnc1CN1CCCC1(C)C(=O)O. The Hall–Kier alpha value is -1.43. The van der Waals surface area contributed by atoms with E-state index in [1.54, 1.807) is 13.3 Å². The highest BCUT2D eigenvalue weighted by molar-refractivity contribution is 5.78. The maximum Gasteiger partial charge on any atom is 0.323 e. The van der Waals surface area contributed by atoms with Crippen molar-refractivity contribution in [3.05, 3.63) is 12.2 Å². The third-order valence-corrected chi connectivity index (χ3v) is 3.39. The monoisotopic (exact) mass is 224 g/mol. The number of nitrogens with zero attached hydrogens (tertiary/aromatic N) is 4. The van der Waals surface area contributed by atoms with Gasteiger partial charge in [0.15, 0.2) is 0 Å². The maximum absolute atomic E-state index is 11.3.